The van der Waals surface area contributed by atoms with Crippen LogP contribution in [0.5, 0.6) is 0 Å². The number of likely N-dealkylation sites (N-methyl/N-ethyl adjacent to an activating group) is 1. The Morgan fingerprint density at radius 1 is 1.38 bits per heavy atom. The molecule has 3 N–H and O–H groups in total. The molecule has 2 unspecified atom stereocenters. The van der Waals surface area contributed by atoms with Crippen LogP contribution in [-0.4, -0.2) is 65.5 Å². The largest absolute Gasteiger partial charge is 0.383 e. The standard InChI is InChI=1S/C18H36N6O.HI/c1-8-19-17(20-11-16(23(5)6)9-14(2)3)21-13-18(4,25)15-10-22-24(7)12-15;/h10,12,14,16,25H,8-9,11,13H2,1-7H3,(H2,19,20,21);1H. The summed E-state index contributed by atoms with van der Waals surface area (Å²) in [4.78, 5) is 6.81. The molecule has 0 aliphatic carbocycles. The Morgan fingerprint density at radius 2 is 2.04 bits per heavy atom. The molecule has 152 valence electrons. The fourth-order valence-electron chi connectivity index (χ4n) is 2.60. The third kappa shape index (κ3) is 8.68. The fraction of sp³-hybridized carbons (Fsp3) is 0.778. The van der Waals surface area contributed by atoms with Gasteiger partial charge in [0.15, 0.2) is 5.96 Å². The minimum Gasteiger partial charge on any atom is -0.383 e. The Labute approximate surface area is 175 Å². The quantitative estimate of drug-likeness (QED) is 0.286. The Kier molecular flexibility index (Phi) is 11.4. The number of nitrogens with one attached hydrogen (secondary N) is 2. The lowest BCUT2D eigenvalue weighted by Gasteiger charge is -2.27. The third-order valence-electron chi connectivity index (χ3n) is 4.19. The Hall–Kier alpha value is -0.870. The van der Waals surface area contributed by atoms with Gasteiger partial charge in [0.25, 0.3) is 0 Å². The maximum atomic E-state index is 10.7. The van der Waals surface area contributed by atoms with Crippen molar-refractivity contribution >= 4 is 29.9 Å². The van der Waals surface area contributed by atoms with E-state index >= 15 is 0 Å². The minimum atomic E-state index is -1.05. The number of hydrogen-bond acceptors (Lipinski definition) is 4. The van der Waals surface area contributed by atoms with Crippen molar-refractivity contribution in [3.8, 4) is 0 Å². The highest BCUT2D eigenvalue weighted by Gasteiger charge is 2.24. The lowest BCUT2D eigenvalue weighted by molar-refractivity contribution is 0.0671. The zero-order valence-electron chi connectivity index (χ0n) is 17.3. The van der Waals surface area contributed by atoms with Crippen LogP contribution in [0.1, 0.15) is 39.7 Å². The number of nitrogens with zero attached hydrogens (tertiary/aromatic N) is 4. The number of aliphatic imine (C=N–C) groups is 1. The van der Waals surface area contributed by atoms with E-state index in [0.717, 1.165) is 31.0 Å². The number of hydrogen-bond donors (Lipinski definition) is 3. The second-order valence-electron chi connectivity index (χ2n) is 7.50. The molecular formula is C18H37IN6O. The van der Waals surface area contributed by atoms with Crippen molar-refractivity contribution in [1.82, 2.24) is 25.3 Å². The molecule has 1 heterocycles. The van der Waals surface area contributed by atoms with E-state index in [2.05, 4.69) is 53.6 Å². The molecule has 0 aliphatic rings. The molecule has 1 rings (SSSR count). The average Bonchev–Trinajstić information content (AvgIpc) is 2.95. The highest BCUT2D eigenvalue weighted by atomic mass is 127. The van der Waals surface area contributed by atoms with Crippen LogP contribution in [0.15, 0.2) is 17.4 Å². The van der Waals surface area contributed by atoms with Gasteiger partial charge in [0.2, 0.25) is 0 Å². The SMILES string of the molecule is CCNC(=NCC(C)(O)c1cnn(C)c1)NCC(CC(C)C)N(C)C.I. The maximum absolute atomic E-state index is 10.7. The lowest BCUT2D eigenvalue weighted by Crippen LogP contribution is -2.46. The monoisotopic (exact) mass is 480 g/mol. The minimum absolute atomic E-state index is 0. The van der Waals surface area contributed by atoms with E-state index in [1.165, 1.54) is 0 Å². The first kappa shape index (κ1) is 25.1. The molecule has 1 aromatic heterocycles. The Bertz CT molecular complexity index is 542. The molecule has 0 radical (unpaired) electrons. The Balaban J connectivity index is 0.00000625. The van der Waals surface area contributed by atoms with Gasteiger partial charge in [-0.3, -0.25) is 4.68 Å². The van der Waals surface area contributed by atoms with Crippen molar-refractivity contribution in [2.45, 2.75) is 45.8 Å². The van der Waals surface area contributed by atoms with E-state index in [0.29, 0.717) is 12.0 Å². The van der Waals surface area contributed by atoms with Crippen LogP contribution < -0.4 is 10.6 Å². The number of halogens is 1. The van der Waals surface area contributed by atoms with E-state index < -0.39 is 5.60 Å². The van der Waals surface area contributed by atoms with Gasteiger partial charge in [0, 0.05) is 37.9 Å². The average molecular weight is 480 g/mol. The number of guanidine groups is 1. The first-order valence-electron chi connectivity index (χ1n) is 9.05. The van der Waals surface area contributed by atoms with Crippen molar-refractivity contribution in [2.75, 3.05) is 33.7 Å². The van der Waals surface area contributed by atoms with Crippen LogP contribution in [0.3, 0.4) is 0 Å². The van der Waals surface area contributed by atoms with Crippen molar-refractivity contribution in [2.24, 2.45) is 18.0 Å². The summed E-state index contributed by atoms with van der Waals surface area (Å²) in [6.07, 6.45) is 4.62. The molecule has 0 aromatic carbocycles. The summed E-state index contributed by atoms with van der Waals surface area (Å²) in [7, 11) is 6.04. The number of rotatable bonds is 9. The molecule has 0 amide bonds. The predicted molar refractivity (Wildman–Crippen MR) is 119 cm³/mol. The normalized spacial score (nSPS) is 15.5. The summed E-state index contributed by atoms with van der Waals surface area (Å²) in [5.41, 5.74) is -0.282. The van der Waals surface area contributed by atoms with E-state index in [9.17, 15) is 5.11 Å². The zero-order chi connectivity index (χ0) is 19.0. The molecule has 0 bridgehead atoms. The Morgan fingerprint density at radius 3 is 2.50 bits per heavy atom. The second-order valence-corrected chi connectivity index (χ2v) is 7.50. The van der Waals surface area contributed by atoms with Gasteiger partial charge in [-0.05, 0) is 40.3 Å². The van der Waals surface area contributed by atoms with Gasteiger partial charge in [-0.15, -0.1) is 24.0 Å². The molecule has 0 spiro atoms. The number of aliphatic hydroxyl groups is 1. The van der Waals surface area contributed by atoms with Gasteiger partial charge in [-0.2, -0.15) is 5.10 Å². The topological polar surface area (TPSA) is 77.7 Å². The molecule has 0 saturated carbocycles. The summed E-state index contributed by atoms with van der Waals surface area (Å²) in [5, 5.41) is 21.5. The highest BCUT2D eigenvalue weighted by molar-refractivity contribution is 14.0. The van der Waals surface area contributed by atoms with Crippen LogP contribution >= 0.6 is 24.0 Å². The van der Waals surface area contributed by atoms with Crippen molar-refractivity contribution in [3.63, 3.8) is 0 Å². The van der Waals surface area contributed by atoms with Gasteiger partial charge in [-0.25, -0.2) is 4.99 Å². The van der Waals surface area contributed by atoms with Gasteiger partial charge < -0.3 is 20.6 Å². The van der Waals surface area contributed by atoms with E-state index in [4.69, 9.17) is 0 Å². The zero-order valence-corrected chi connectivity index (χ0v) is 19.6. The van der Waals surface area contributed by atoms with E-state index in [1.807, 2.05) is 20.2 Å². The molecule has 26 heavy (non-hydrogen) atoms. The van der Waals surface area contributed by atoms with Gasteiger partial charge in [0.05, 0.1) is 12.7 Å². The summed E-state index contributed by atoms with van der Waals surface area (Å²) < 4.78 is 1.69. The fourth-order valence-corrected chi connectivity index (χ4v) is 2.60. The summed E-state index contributed by atoms with van der Waals surface area (Å²) >= 11 is 0. The van der Waals surface area contributed by atoms with Crippen LogP contribution in [0.4, 0.5) is 0 Å². The van der Waals surface area contributed by atoms with Crippen LogP contribution in [-0.2, 0) is 12.6 Å². The van der Waals surface area contributed by atoms with Crippen molar-refractivity contribution in [1.29, 1.82) is 0 Å². The molecule has 0 aliphatic heterocycles. The molecule has 8 heteroatoms. The van der Waals surface area contributed by atoms with Gasteiger partial charge in [-0.1, -0.05) is 13.8 Å². The smallest absolute Gasteiger partial charge is 0.191 e. The van der Waals surface area contributed by atoms with Crippen molar-refractivity contribution < 1.29 is 5.11 Å². The van der Waals surface area contributed by atoms with Crippen molar-refractivity contribution in [3.05, 3.63) is 18.0 Å². The first-order valence-corrected chi connectivity index (χ1v) is 9.05. The van der Waals surface area contributed by atoms with E-state index in [1.54, 1.807) is 17.8 Å². The second kappa shape index (κ2) is 11.8. The van der Waals surface area contributed by atoms with Crippen LogP contribution in [0, 0.1) is 5.92 Å². The van der Waals surface area contributed by atoms with Gasteiger partial charge in [0.1, 0.15) is 5.60 Å². The molecule has 2 atom stereocenters. The first-order chi connectivity index (χ1) is 11.7. The highest BCUT2D eigenvalue weighted by Crippen LogP contribution is 2.19. The molecule has 7 nitrogen and oxygen atoms in total. The molecular weight excluding hydrogens is 443 g/mol. The summed E-state index contributed by atoms with van der Waals surface area (Å²) in [5.74, 6) is 1.36. The predicted octanol–water partition coefficient (Wildman–Crippen LogP) is 1.78. The molecule has 1 aromatic rings. The number of aromatic nitrogens is 2. The van der Waals surface area contributed by atoms with E-state index in [-0.39, 0.29) is 30.5 Å². The maximum Gasteiger partial charge on any atom is 0.191 e. The number of aryl methyl sites for hydroxylation is 1. The summed E-state index contributed by atoms with van der Waals surface area (Å²) in [6, 6.07) is 0.433. The van der Waals surface area contributed by atoms with Crippen LogP contribution in [0.25, 0.3) is 0 Å². The molecule has 0 saturated heterocycles. The third-order valence-corrected chi connectivity index (χ3v) is 4.19. The van der Waals surface area contributed by atoms with Crippen LogP contribution in [0.2, 0.25) is 0 Å². The van der Waals surface area contributed by atoms with Gasteiger partial charge >= 0.3 is 0 Å². The molecule has 0 fully saturated rings. The lowest BCUT2D eigenvalue weighted by atomic mass is 10.0. The summed E-state index contributed by atoms with van der Waals surface area (Å²) in [6.45, 7) is 10.1.